The number of alkyl halides is 3. The maximum Gasteiger partial charge on any atom is 0.433 e. The van der Waals surface area contributed by atoms with E-state index in [2.05, 4.69) is 10.3 Å². The standard InChI is InChI=1S/C15H11F3N4O2/c16-15(17,18)12-7-14(24)22(9-20-12)5-4-13(23)21-11-3-1-2-10(6-11)8-19/h1-3,6-7,9H,4-5H2,(H,21,23). The van der Waals surface area contributed by atoms with Gasteiger partial charge in [-0.2, -0.15) is 18.4 Å². The molecule has 0 saturated carbocycles. The molecule has 2 rings (SSSR count). The van der Waals surface area contributed by atoms with E-state index in [1.54, 1.807) is 18.2 Å². The smallest absolute Gasteiger partial charge is 0.326 e. The minimum absolute atomic E-state index is 0.117. The Labute approximate surface area is 134 Å². The first-order chi connectivity index (χ1) is 11.3. The summed E-state index contributed by atoms with van der Waals surface area (Å²) in [5, 5.41) is 11.3. The quantitative estimate of drug-likeness (QED) is 0.927. The van der Waals surface area contributed by atoms with Gasteiger partial charge in [0.05, 0.1) is 18.0 Å². The lowest BCUT2D eigenvalue weighted by atomic mass is 10.2. The van der Waals surface area contributed by atoms with Crippen molar-refractivity contribution in [2.75, 3.05) is 5.32 Å². The molecule has 24 heavy (non-hydrogen) atoms. The molecule has 0 saturated heterocycles. The van der Waals surface area contributed by atoms with E-state index >= 15 is 0 Å². The van der Waals surface area contributed by atoms with Crippen LogP contribution >= 0.6 is 0 Å². The molecular formula is C15H11F3N4O2. The summed E-state index contributed by atoms with van der Waals surface area (Å²) >= 11 is 0. The molecule has 124 valence electrons. The number of benzene rings is 1. The molecule has 1 N–H and O–H groups in total. The van der Waals surface area contributed by atoms with Gasteiger partial charge in [-0.3, -0.25) is 14.2 Å². The SMILES string of the molecule is N#Cc1cccc(NC(=O)CCn2cnc(C(F)(F)F)cc2=O)c1. The normalized spacial score (nSPS) is 10.9. The van der Waals surface area contributed by atoms with Crippen molar-refractivity contribution < 1.29 is 18.0 Å². The van der Waals surface area contributed by atoms with Crippen LogP contribution in [0.5, 0.6) is 0 Å². The molecule has 0 bridgehead atoms. The molecule has 0 spiro atoms. The minimum atomic E-state index is -4.69. The molecule has 6 nitrogen and oxygen atoms in total. The zero-order valence-electron chi connectivity index (χ0n) is 12.2. The number of carbonyl (C=O) groups excluding carboxylic acids is 1. The van der Waals surface area contributed by atoms with Crippen LogP contribution in [-0.4, -0.2) is 15.5 Å². The van der Waals surface area contributed by atoms with Gasteiger partial charge in [0.15, 0.2) is 5.69 Å². The number of hydrogen-bond donors (Lipinski definition) is 1. The molecule has 0 aliphatic carbocycles. The Morgan fingerprint density at radius 1 is 1.33 bits per heavy atom. The van der Waals surface area contributed by atoms with Gasteiger partial charge in [0.1, 0.15) is 0 Å². The Bertz CT molecular complexity index is 853. The zero-order chi connectivity index (χ0) is 17.7. The minimum Gasteiger partial charge on any atom is -0.326 e. The largest absolute Gasteiger partial charge is 0.433 e. The van der Waals surface area contributed by atoms with Crippen LogP contribution < -0.4 is 10.9 Å². The number of nitrogens with one attached hydrogen (secondary N) is 1. The van der Waals surface area contributed by atoms with E-state index in [9.17, 15) is 22.8 Å². The number of hydrogen-bond acceptors (Lipinski definition) is 4. The highest BCUT2D eigenvalue weighted by Crippen LogP contribution is 2.25. The van der Waals surface area contributed by atoms with E-state index in [4.69, 9.17) is 5.26 Å². The summed E-state index contributed by atoms with van der Waals surface area (Å²) in [5.74, 6) is -0.447. The second-order valence-electron chi connectivity index (χ2n) is 4.79. The zero-order valence-corrected chi connectivity index (χ0v) is 12.2. The van der Waals surface area contributed by atoms with Gasteiger partial charge in [-0.15, -0.1) is 0 Å². The number of rotatable bonds is 4. The van der Waals surface area contributed by atoms with Crippen molar-refractivity contribution >= 4 is 11.6 Å². The predicted molar refractivity (Wildman–Crippen MR) is 77.9 cm³/mol. The van der Waals surface area contributed by atoms with Crippen molar-refractivity contribution in [3.8, 4) is 6.07 Å². The fraction of sp³-hybridized carbons (Fsp3) is 0.200. The van der Waals surface area contributed by atoms with Gasteiger partial charge in [0.25, 0.3) is 5.56 Å². The molecule has 0 aliphatic rings. The third-order valence-corrected chi connectivity index (χ3v) is 3.03. The molecule has 1 aromatic carbocycles. The third kappa shape index (κ3) is 4.42. The molecule has 9 heteroatoms. The highest BCUT2D eigenvalue weighted by Gasteiger charge is 2.32. The lowest BCUT2D eigenvalue weighted by Crippen LogP contribution is -2.25. The fourth-order valence-corrected chi connectivity index (χ4v) is 1.86. The third-order valence-electron chi connectivity index (χ3n) is 3.03. The first-order valence-electron chi connectivity index (χ1n) is 6.73. The average molecular weight is 336 g/mol. The van der Waals surface area contributed by atoms with Crippen LogP contribution in [0.25, 0.3) is 0 Å². The highest BCUT2D eigenvalue weighted by molar-refractivity contribution is 5.90. The Morgan fingerprint density at radius 3 is 2.71 bits per heavy atom. The number of aryl methyl sites for hydroxylation is 1. The number of nitriles is 1. The van der Waals surface area contributed by atoms with E-state index in [-0.39, 0.29) is 13.0 Å². The van der Waals surface area contributed by atoms with Crippen molar-refractivity contribution in [2.24, 2.45) is 0 Å². The number of amides is 1. The fourth-order valence-electron chi connectivity index (χ4n) is 1.86. The molecular weight excluding hydrogens is 325 g/mol. The van der Waals surface area contributed by atoms with E-state index in [1.807, 2.05) is 6.07 Å². The van der Waals surface area contributed by atoms with E-state index in [0.29, 0.717) is 17.3 Å². The predicted octanol–water partition coefficient (Wildman–Crippen LogP) is 2.16. The van der Waals surface area contributed by atoms with Crippen LogP contribution in [0.1, 0.15) is 17.7 Å². The molecule has 1 aromatic heterocycles. The highest BCUT2D eigenvalue weighted by atomic mass is 19.4. The average Bonchev–Trinajstić information content (AvgIpc) is 2.53. The van der Waals surface area contributed by atoms with E-state index < -0.39 is 23.3 Å². The maximum atomic E-state index is 12.4. The molecule has 1 amide bonds. The monoisotopic (exact) mass is 336 g/mol. The van der Waals surface area contributed by atoms with Crippen molar-refractivity contribution in [1.82, 2.24) is 9.55 Å². The van der Waals surface area contributed by atoms with Crippen LogP contribution in [0.2, 0.25) is 0 Å². The molecule has 2 aromatic rings. The number of nitrogens with zero attached hydrogens (tertiary/aromatic N) is 3. The lowest BCUT2D eigenvalue weighted by Gasteiger charge is -2.09. The van der Waals surface area contributed by atoms with Crippen LogP contribution in [-0.2, 0) is 17.5 Å². The van der Waals surface area contributed by atoms with Gasteiger partial charge < -0.3 is 5.32 Å². The van der Waals surface area contributed by atoms with Crippen LogP contribution in [0.3, 0.4) is 0 Å². The molecule has 1 heterocycles. The Morgan fingerprint density at radius 2 is 2.08 bits per heavy atom. The molecule has 0 radical (unpaired) electrons. The van der Waals surface area contributed by atoms with Gasteiger partial charge in [0, 0.05) is 24.7 Å². The molecule has 0 aliphatic heterocycles. The number of anilines is 1. The Kier molecular flexibility index (Phi) is 4.99. The Balaban J connectivity index is 1.99. The Hall–Kier alpha value is -3.15. The summed E-state index contributed by atoms with van der Waals surface area (Å²) in [4.78, 5) is 26.6. The van der Waals surface area contributed by atoms with E-state index in [1.165, 1.54) is 6.07 Å². The second kappa shape index (κ2) is 6.95. The maximum absolute atomic E-state index is 12.4. The molecule has 0 atom stereocenters. The van der Waals surface area contributed by atoms with Crippen LogP contribution in [0, 0.1) is 11.3 Å². The summed E-state index contributed by atoms with van der Waals surface area (Å²) in [6.45, 7) is -0.117. The summed E-state index contributed by atoms with van der Waals surface area (Å²) in [5.41, 5.74) is -1.38. The van der Waals surface area contributed by atoms with Crippen molar-refractivity contribution in [3.63, 3.8) is 0 Å². The van der Waals surface area contributed by atoms with Crippen molar-refractivity contribution in [2.45, 2.75) is 19.1 Å². The van der Waals surface area contributed by atoms with Crippen molar-refractivity contribution in [1.29, 1.82) is 5.26 Å². The van der Waals surface area contributed by atoms with Gasteiger partial charge in [-0.05, 0) is 18.2 Å². The summed E-state index contributed by atoms with van der Waals surface area (Å²) < 4.78 is 38.2. The number of carbonyl (C=O) groups is 1. The topological polar surface area (TPSA) is 87.8 Å². The summed E-state index contributed by atoms with van der Waals surface area (Å²) in [6.07, 6.45) is -4.07. The summed E-state index contributed by atoms with van der Waals surface area (Å²) in [7, 11) is 0. The van der Waals surface area contributed by atoms with Crippen molar-refractivity contribution in [3.05, 3.63) is 58.3 Å². The lowest BCUT2D eigenvalue weighted by molar-refractivity contribution is -0.141. The van der Waals surface area contributed by atoms with Gasteiger partial charge in [-0.1, -0.05) is 6.07 Å². The van der Waals surface area contributed by atoms with Gasteiger partial charge in [0.2, 0.25) is 5.91 Å². The number of aromatic nitrogens is 2. The first-order valence-corrected chi connectivity index (χ1v) is 6.73. The second-order valence-corrected chi connectivity index (χ2v) is 4.79. The van der Waals surface area contributed by atoms with Crippen LogP contribution in [0.15, 0.2) is 41.5 Å². The first kappa shape index (κ1) is 17.2. The number of halogens is 3. The van der Waals surface area contributed by atoms with Crippen LogP contribution in [0.4, 0.5) is 18.9 Å². The molecule has 0 unspecified atom stereocenters. The molecule has 0 fully saturated rings. The van der Waals surface area contributed by atoms with Gasteiger partial charge in [-0.25, -0.2) is 4.98 Å². The summed E-state index contributed by atoms with van der Waals surface area (Å²) in [6, 6.07) is 8.54. The van der Waals surface area contributed by atoms with E-state index in [0.717, 1.165) is 10.9 Å². The van der Waals surface area contributed by atoms with Gasteiger partial charge >= 0.3 is 6.18 Å².